The Kier molecular flexibility index (Phi) is 5.73. The predicted molar refractivity (Wildman–Crippen MR) is 114 cm³/mol. The first kappa shape index (κ1) is 20.3. The number of aryl methyl sites for hydroxylation is 2. The Morgan fingerprint density at radius 2 is 1.79 bits per heavy atom. The van der Waals surface area contributed by atoms with Crippen LogP contribution in [0.3, 0.4) is 0 Å². The fourth-order valence-corrected chi connectivity index (χ4v) is 3.66. The SMILES string of the molecule is Cc1ccc2c(=O)n(C)c(C(C=O)OC(C)C)c(-c3ccc(Cl)c(C)c3)c2c1. The second kappa shape index (κ2) is 7.90. The Bertz CT molecular complexity index is 1120. The highest BCUT2D eigenvalue weighted by molar-refractivity contribution is 6.31. The zero-order valence-corrected chi connectivity index (χ0v) is 17.5. The quantitative estimate of drug-likeness (QED) is 0.560. The molecule has 1 atom stereocenters. The smallest absolute Gasteiger partial charge is 0.258 e. The summed E-state index contributed by atoms with van der Waals surface area (Å²) >= 11 is 6.23. The number of nitrogens with zero attached hydrogens (tertiary/aromatic N) is 1. The van der Waals surface area contributed by atoms with Crippen LogP contribution in [-0.4, -0.2) is 17.0 Å². The van der Waals surface area contributed by atoms with Gasteiger partial charge in [0.05, 0.1) is 11.8 Å². The first-order valence-electron chi connectivity index (χ1n) is 9.25. The maximum atomic E-state index is 13.0. The lowest BCUT2D eigenvalue weighted by Crippen LogP contribution is -2.26. The summed E-state index contributed by atoms with van der Waals surface area (Å²) in [6.45, 7) is 7.65. The van der Waals surface area contributed by atoms with Crippen LogP contribution in [0, 0.1) is 13.8 Å². The van der Waals surface area contributed by atoms with Gasteiger partial charge in [-0.05, 0) is 62.4 Å². The topological polar surface area (TPSA) is 48.3 Å². The van der Waals surface area contributed by atoms with Crippen molar-refractivity contribution in [2.75, 3.05) is 0 Å². The molecule has 0 aliphatic rings. The van der Waals surface area contributed by atoms with E-state index in [1.54, 1.807) is 7.05 Å². The molecule has 0 amide bonds. The minimum atomic E-state index is -0.853. The molecular weight excluding hydrogens is 374 g/mol. The number of hydrogen-bond donors (Lipinski definition) is 0. The number of hydrogen-bond acceptors (Lipinski definition) is 3. The molecule has 0 spiro atoms. The molecule has 1 heterocycles. The number of carbonyl (C=O) groups is 1. The van der Waals surface area contributed by atoms with Crippen LogP contribution in [0.1, 0.15) is 36.8 Å². The highest BCUT2D eigenvalue weighted by Crippen LogP contribution is 2.36. The summed E-state index contributed by atoms with van der Waals surface area (Å²) in [6, 6.07) is 11.5. The van der Waals surface area contributed by atoms with Crippen LogP contribution in [0.2, 0.25) is 5.02 Å². The van der Waals surface area contributed by atoms with Crippen LogP contribution in [0.5, 0.6) is 0 Å². The molecule has 0 N–H and O–H groups in total. The number of aldehydes is 1. The molecule has 3 aromatic rings. The first-order valence-corrected chi connectivity index (χ1v) is 9.63. The number of fused-ring (bicyclic) bond motifs is 1. The summed E-state index contributed by atoms with van der Waals surface area (Å²) in [6.07, 6.45) is -0.269. The molecule has 2 aromatic carbocycles. The van der Waals surface area contributed by atoms with E-state index in [0.29, 0.717) is 16.1 Å². The lowest BCUT2D eigenvalue weighted by molar-refractivity contribution is -0.121. The first-order chi connectivity index (χ1) is 13.2. The third kappa shape index (κ3) is 3.62. The van der Waals surface area contributed by atoms with Gasteiger partial charge >= 0.3 is 0 Å². The van der Waals surface area contributed by atoms with Crippen molar-refractivity contribution in [3.05, 3.63) is 68.6 Å². The van der Waals surface area contributed by atoms with Crippen molar-refractivity contribution < 1.29 is 9.53 Å². The molecule has 1 unspecified atom stereocenters. The van der Waals surface area contributed by atoms with Crippen LogP contribution < -0.4 is 5.56 Å². The van der Waals surface area contributed by atoms with Gasteiger partial charge in [0.2, 0.25) is 0 Å². The van der Waals surface area contributed by atoms with Gasteiger partial charge in [0.1, 0.15) is 0 Å². The Balaban J connectivity index is 2.49. The normalized spacial score (nSPS) is 12.5. The molecule has 28 heavy (non-hydrogen) atoms. The number of aromatic nitrogens is 1. The zero-order valence-electron chi connectivity index (χ0n) is 16.7. The van der Waals surface area contributed by atoms with Gasteiger partial charge in [-0.3, -0.25) is 4.79 Å². The molecule has 0 fully saturated rings. The molecule has 5 heteroatoms. The Morgan fingerprint density at radius 1 is 1.07 bits per heavy atom. The molecular formula is C23H24ClNO3. The van der Waals surface area contributed by atoms with Gasteiger partial charge in [0, 0.05) is 23.0 Å². The van der Waals surface area contributed by atoms with E-state index < -0.39 is 6.10 Å². The lowest BCUT2D eigenvalue weighted by Gasteiger charge is -2.23. The second-order valence-corrected chi connectivity index (χ2v) is 7.79. The van der Waals surface area contributed by atoms with Gasteiger partial charge < -0.3 is 14.1 Å². The van der Waals surface area contributed by atoms with Crippen molar-refractivity contribution in [3.63, 3.8) is 0 Å². The summed E-state index contributed by atoms with van der Waals surface area (Å²) in [5.74, 6) is 0. The van der Waals surface area contributed by atoms with E-state index in [4.69, 9.17) is 16.3 Å². The highest BCUT2D eigenvalue weighted by Gasteiger charge is 2.25. The van der Waals surface area contributed by atoms with E-state index in [9.17, 15) is 9.59 Å². The van der Waals surface area contributed by atoms with Crippen LogP contribution in [-0.2, 0) is 16.6 Å². The van der Waals surface area contributed by atoms with Crippen molar-refractivity contribution in [2.24, 2.45) is 7.05 Å². The van der Waals surface area contributed by atoms with E-state index >= 15 is 0 Å². The van der Waals surface area contributed by atoms with Crippen molar-refractivity contribution in [2.45, 2.75) is 39.9 Å². The summed E-state index contributed by atoms with van der Waals surface area (Å²) in [5.41, 5.74) is 4.06. The summed E-state index contributed by atoms with van der Waals surface area (Å²) in [5, 5.41) is 2.08. The van der Waals surface area contributed by atoms with Gasteiger partial charge in [-0.25, -0.2) is 0 Å². The molecule has 1 aromatic heterocycles. The molecule has 0 saturated heterocycles. The Morgan fingerprint density at radius 3 is 2.39 bits per heavy atom. The van der Waals surface area contributed by atoms with E-state index in [1.165, 1.54) is 4.57 Å². The number of ether oxygens (including phenoxy) is 1. The third-order valence-electron chi connectivity index (χ3n) is 4.86. The van der Waals surface area contributed by atoms with E-state index in [1.807, 2.05) is 64.1 Å². The van der Waals surface area contributed by atoms with Crippen LogP contribution in [0.4, 0.5) is 0 Å². The minimum Gasteiger partial charge on any atom is -0.362 e. The average molecular weight is 398 g/mol. The maximum Gasteiger partial charge on any atom is 0.258 e. The Hall–Kier alpha value is -2.43. The van der Waals surface area contributed by atoms with Crippen molar-refractivity contribution in [1.82, 2.24) is 4.57 Å². The van der Waals surface area contributed by atoms with E-state index in [0.717, 1.165) is 33.9 Å². The molecule has 0 aliphatic heterocycles. The molecule has 3 rings (SSSR count). The lowest BCUT2D eigenvalue weighted by atomic mass is 9.93. The van der Waals surface area contributed by atoms with Gasteiger partial charge in [0.15, 0.2) is 12.4 Å². The number of benzene rings is 2. The van der Waals surface area contributed by atoms with E-state index in [2.05, 4.69) is 0 Å². The highest BCUT2D eigenvalue weighted by atomic mass is 35.5. The van der Waals surface area contributed by atoms with Crippen LogP contribution in [0.25, 0.3) is 21.9 Å². The number of pyridine rings is 1. The van der Waals surface area contributed by atoms with Crippen molar-refractivity contribution in [3.8, 4) is 11.1 Å². The Labute approximate surface area is 169 Å². The maximum absolute atomic E-state index is 13.0. The zero-order chi connectivity index (χ0) is 20.6. The van der Waals surface area contributed by atoms with Crippen molar-refractivity contribution >= 4 is 28.7 Å². The molecule has 146 valence electrons. The second-order valence-electron chi connectivity index (χ2n) is 7.38. The number of halogens is 1. The average Bonchev–Trinajstić information content (AvgIpc) is 2.65. The van der Waals surface area contributed by atoms with Crippen LogP contribution in [0.15, 0.2) is 41.2 Å². The predicted octanol–water partition coefficient (Wildman–Crippen LogP) is 5.14. The van der Waals surface area contributed by atoms with Gasteiger partial charge in [0.25, 0.3) is 5.56 Å². The molecule has 4 nitrogen and oxygen atoms in total. The van der Waals surface area contributed by atoms with Crippen molar-refractivity contribution in [1.29, 1.82) is 0 Å². The van der Waals surface area contributed by atoms with Gasteiger partial charge in [-0.15, -0.1) is 0 Å². The van der Waals surface area contributed by atoms with E-state index in [-0.39, 0.29) is 11.7 Å². The molecule has 0 aliphatic carbocycles. The summed E-state index contributed by atoms with van der Waals surface area (Å²) in [7, 11) is 1.68. The molecule has 0 bridgehead atoms. The van der Waals surface area contributed by atoms with Crippen LogP contribution >= 0.6 is 11.6 Å². The fraction of sp³-hybridized carbons (Fsp3) is 0.304. The van der Waals surface area contributed by atoms with Gasteiger partial charge in [-0.1, -0.05) is 35.4 Å². The third-order valence-corrected chi connectivity index (χ3v) is 5.28. The number of rotatable bonds is 5. The summed E-state index contributed by atoms with van der Waals surface area (Å²) < 4.78 is 7.39. The summed E-state index contributed by atoms with van der Waals surface area (Å²) in [4.78, 5) is 25.0. The molecule has 0 saturated carbocycles. The fourth-order valence-electron chi connectivity index (χ4n) is 3.54. The monoisotopic (exact) mass is 397 g/mol. The largest absolute Gasteiger partial charge is 0.362 e. The standard InChI is InChI=1S/C23H24ClNO3/c1-13(2)28-20(12-26)22-21(16-7-9-19(24)15(4)11-16)18-10-14(3)6-8-17(18)23(27)25(22)5/h6-13,20H,1-5H3. The van der Waals surface area contributed by atoms with Gasteiger partial charge in [-0.2, -0.15) is 0 Å². The minimum absolute atomic E-state index is 0.154. The molecule has 0 radical (unpaired) electrons. The number of carbonyl (C=O) groups excluding carboxylic acids is 1.